The fraction of sp³-hybridized carbons (Fsp3) is 0.238. The zero-order valence-electron chi connectivity index (χ0n) is 15.4. The van der Waals surface area contributed by atoms with E-state index in [0.29, 0.717) is 22.6 Å². The molecule has 3 rings (SSSR count). The van der Waals surface area contributed by atoms with Gasteiger partial charge in [0.25, 0.3) is 0 Å². The van der Waals surface area contributed by atoms with Gasteiger partial charge in [0.05, 0.1) is 6.61 Å². The molecule has 2 aromatic heterocycles. The van der Waals surface area contributed by atoms with Gasteiger partial charge in [0.1, 0.15) is 6.04 Å². The van der Waals surface area contributed by atoms with Crippen LogP contribution < -0.4 is 5.73 Å². The van der Waals surface area contributed by atoms with Crippen LogP contribution in [-0.4, -0.2) is 23.3 Å². The van der Waals surface area contributed by atoms with Crippen molar-refractivity contribution in [1.82, 2.24) is 4.98 Å². The van der Waals surface area contributed by atoms with Crippen molar-refractivity contribution in [2.75, 3.05) is 6.61 Å². The molecule has 0 fully saturated rings. The van der Waals surface area contributed by atoms with Crippen molar-refractivity contribution in [3.8, 4) is 10.4 Å². The lowest BCUT2D eigenvalue weighted by Gasteiger charge is -2.11. The summed E-state index contributed by atoms with van der Waals surface area (Å²) in [5.74, 6) is -0.467. The average Bonchev–Trinajstić information content (AvgIpc) is 3.31. The van der Waals surface area contributed by atoms with E-state index in [0.717, 1.165) is 16.0 Å². The van der Waals surface area contributed by atoms with E-state index in [-0.39, 0.29) is 6.61 Å². The summed E-state index contributed by atoms with van der Waals surface area (Å²) in [6, 6.07) is 11.2. The molecule has 1 unspecified atom stereocenters. The van der Waals surface area contributed by atoms with E-state index in [1.807, 2.05) is 55.7 Å². The molecule has 0 bridgehead atoms. The minimum atomic E-state index is -0.893. The van der Waals surface area contributed by atoms with Crippen LogP contribution in [0, 0.1) is 12.3 Å². The van der Waals surface area contributed by atoms with Crippen LogP contribution in [0.1, 0.15) is 34.5 Å². The molecule has 0 aliphatic rings. The van der Waals surface area contributed by atoms with Crippen molar-refractivity contribution < 1.29 is 9.53 Å². The standard InChI is InChI=1S/C21H23N3O2S/c1-3-26-21(25)19(23)20-16(17(22)10-14-8-9-24-12-14)11-18(27-20)15-6-4-13(2)5-7-15/h4-9,11-12,19,22,24H,3,10,23H2,1-2H3. The maximum atomic E-state index is 12.2. The van der Waals surface area contributed by atoms with E-state index >= 15 is 0 Å². The van der Waals surface area contributed by atoms with Gasteiger partial charge in [-0.3, -0.25) is 0 Å². The monoisotopic (exact) mass is 381 g/mol. The summed E-state index contributed by atoms with van der Waals surface area (Å²) in [5.41, 5.74) is 10.6. The Kier molecular flexibility index (Phi) is 5.88. The minimum absolute atomic E-state index is 0.277. The summed E-state index contributed by atoms with van der Waals surface area (Å²) in [6.07, 6.45) is 4.17. The van der Waals surface area contributed by atoms with Crippen LogP contribution in [0.25, 0.3) is 10.4 Å². The molecule has 1 aromatic carbocycles. The normalized spacial score (nSPS) is 12.0. The third kappa shape index (κ3) is 4.35. The number of thiophene rings is 1. The first kappa shape index (κ1) is 19.1. The molecule has 0 saturated heterocycles. The predicted molar refractivity (Wildman–Crippen MR) is 109 cm³/mol. The molecule has 0 radical (unpaired) electrons. The lowest BCUT2D eigenvalue weighted by Crippen LogP contribution is -2.24. The Morgan fingerprint density at radius 3 is 2.67 bits per heavy atom. The minimum Gasteiger partial charge on any atom is -0.465 e. The summed E-state index contributed by atoms with van der Waals surface area (Å²) in [6.45, 7) is 4.07. The van der Waals surface area contributed by atoms with E-state index in [2.05, 4.69) is 4.98 Å². The topological polar surface area (TPSA) is 92.0 Å². The number of nitrogens with one attached hydrogen (secondary N) is 2. The number of ether oxygens (including phenoxy) is 1. The summed E-state index contributed by atoms with van der Waals surface area (Å²) < 4.78 is 5.10. The van der Waals surface area contributed by atoms with Gasteiger partial charge in [-0.1, -0.05) is 29.8 Å². The van der Waals surface area contributed by atoms with Crippen LogP contribution in [0.15, 0.2) is 48.8 Å². The highest BCUT2D eigenvalue weighted by Gasteiger charge is 2.25. The maximum Gasteiger partial charge on any atom is 0.328 e. The summed E-state index contributed by atoms with van der Waals surface area (Å²) in [4.78, 5) is 16.9. The number of nitrogens with two attached hydrogens (primary N) is 1. The first-order valence-corrected chi connectivity index (χ1v) is 9.63. The maximum absolute atomic E-state index is 12.2. The Bertz CT molecular complexity index is 927. The number of hydrogen-bond acceptors (Lipinski definition) is 5. The Morgan fingerprint density at radius 1 is 1.30 bits per heavy atom. The van der Waals surface area contributed by atoms with E-state index in [1.165, 1.54) is 16.9 Å². The molecule has 4 N–H and O–H groups in total. The van der Waals surface area contributed by atoms with Crippen LogP contribution in [0.2, 0.25) is 0 Å². The first-order chi connectivity index (χ1) is 13.0. The van der Waals surface area contributed by atoms with Crippen LogP contribution in [0.3, 0.4) is 0 Å². The van der Waals surface area contributed by atoms with Crippen LogP contribution in [0.4, 0.5) is 0 Å². The van der Waals surface area contributed by atoms with Gasteiger partial charge in [0.15, 0.2) is 0 Å². The number of esters is 1. The number of rotatable bonds is 7. The van der Waals surface area contributed by atoms with Gasteiger partial charge in [-0.2, -0.15) is 0 Å². The van der Waals surface area contributed by atoms with Crippen molar-refractivity contribution in [3.63, 3.8) is 0 Å². The SMILES string of the molecule is CCOC(=O)C(N)c1sc(-c2ccc(C)cc2)cc1C(=N)Cc1cc[nH]c1. The number of H-pyrrole nitrogens is 1. The Balaban J connectivity index is 1.99. The highest BCUT2D eigenvalue weighted by molar-refractivity contribution is 7.16. The molecule has 3 aromatic rings. The zero-order valence-corrected chi connectivity index (χ0v) is 16.2. The highest BCUT2D eigenvalue weighted by Crippen LogP contribution is 2.35. The van der Waals surface area contributed by atoms with Crippen molar-refractivity contribution >= 4 is 23.0 Å². The Morgan fingerprint density at radius 2 is 2.04 bits per heavy atom. The highest BCUT2D eigenvalue weighted by atomic mass is 32.1. The molecule has 5 nitrogen and oxygen atoms in total. The first-order valence-electron chi connectivity index (χ1n) is 8.82. The van der Waals surface area contributed by atoms with Gasteiger partial charge in [0, 0.05) is 39.8 Å². The summed E-state index contributed by atoms with van der Waals surface area (Å²) in [7, 11) is 0. The van der Waals surface area contributed by atoms with Crippen molar-refractivity contribution in [1.29, 1.82) is 5.41 Å². The molecular formula is C21H23N3O2S. The van der Waals surface area contributed by atoms with Gasteiger partial charge in [-0.05, 0) is 37.1 Å². The molecule has 1 atom stereocenters. The molecule has 27 heavy (non-hydrogen) atoms. The number of carbonyl (C=O) groups is 1. The van der Waals surface area contributed by atoms with Gasteiger partial charge in [0.2, 0.25) is 0 Å². The Labute approximate surface area is 162 Å². The summed E-state index contributed by atoms with van der Waals surface area (Å²) in [5, 5.41) is 8.58. The Hall–Kier alpha value is -2.70. The van der Waals surface area contributed by atoms with Crippen molar-refractivity contribution in [3.05, 3.63) is 70.4 Å². The molecule has 2 heterocycles. The summed E-state index contributed by atoms with van der Waals surface area (Å²) >= 11 is 1.45. The molecule has 0 spiro atoms. The second-order valence-corrected chi connectivity index (χ2v) is 7.44. The van der Waals surface area contributed by atoms with Crippen LogP contribution in [0.5, 0.6) is 0 Å². The lowest BCUT2D eigenvalue weighted by molar-refractivity contribution is -0.144. The molecule has 0 saturated carbocycles. The fourth-order valence-electron chi connectivity index (χ4n) is 2.84. The van der Waals surface area contributed by atoms with Gasteiger partial charge < -0.3 is 20.9 Å². The molecule has 140 valence electrons. The van der Waals surface area contributed by atoms with Gasteiger partial charge in [-0.15, -0.1) is 11.3 Å². The molecular weight excluding hydrogens is 358 g/mol. The molecule has 6 heteroatoms. The fourth-order valence-corrected chi connectivity index (χ4v) is 4.02. The van der Waals surface area contributed by atoms with Crippen LogP contribution >= 0.6 is 11.3 Å². The zero-order chi connectivity index (χ0) is 19.4. The quantitative estimate of drug-likeness (QED) is 0.422. The molecule has 0 aliphatic heterocycles. The number of aromatic nitrogens is 1. The van der Waals surface area contributed by atoms with E-state index in [4.69, 9.17) is 15.9 Å². The smallest absolute Gasteiger partial charge is 0.328 e. The number of benzene rings is 1. The van der Waals surface area contributed by atoms with Gasteiger partial charge >= 0.3 is 5.97 Å². The molecule has 0 aliphatic carbocycles. The lowest BCUT2D eigenvalue weighted by atomic mass is 10.0. The number of carbonyl (C=O) groups excluding carboxylic acids is 1. The third-order valence-electron chi connectivity index (χ3n) is 4.29. The van der Waals surface area contributed by atoms with E-state index in [9.17, 15) is 4.79 Å². The van der Waals surface area contributed by atoms with E-state index in [1.54, 1.807) is 6.92 Å². The second kappa shape index (κ2) is 8.33. The van der Waals surface area contributed by atoms with Gasteiger partial charge in [-0.25, -0.2) is 4.79 Å². The third-order valence-corrected chi connectivity index (χ3v) is 5.56. The largest absolute Gasteiger partial charge is 0.465 e. The van der Waals surface area contributed by atoms with Crippen molar-refractivity contribution in [2.45, 2.75) is 26.3 Å². The number of aromatic amines is 1. The van der Waals surface area contributed by atoms with E-state index < -0.39 is 12.0 Å². The number of hydrogen-bond donors (Lipinski definition) is 3. The molecule has 0 amide bonds. The second-order valence-electron chi connectivity index (χ2n) is 6.36. The van der Waals surface area contributed by atoms with Crippen molar-refractivity contribution in [2.24, 2.45) is 5.73 Å². The van der Waals surface area contributed by atoms with Crippen LogP contribution in [-0.2, 0) is 16.0 Å². The average molecular weight is 382 g/mol. The number of aryl methyl sites for hydroxylation is 1. The predicted octanol–water partition coefficient (Wildman–Crippen LogP) is 4.23.